The zero-order chi connectivity index (χ0) is 10.7. The minimum atomic E-state index is 0.556. The predicted octanol–water partition coefficient (Wildman–Crippen LogP) is 4.74. The number of para-hydroxylation sites is 1. The highest BCUT2D eigenvalue weighted by Crippen LogP contribution is 2.26. The number of halogens is 2. The van der Waals surface area contributed by atoms with E-state index in [1.54, 1.807) is 11.3 Å². The Morgan fingerprint density at radius 1 is 1.20 bits per heavy atom. The van der Waals surface area contributed by atoms with Crippen LogP contribution in [0.15, 0.2) is 40.2 Å². The molecule has 1 heterocycles. The lowest BCUT2D eigenvalue weighted by molar-refractivity contribution is 0.310. The van der Waals surface area contributed by atoms with Gasteiger partial charge in [-0.25, -0.2) is 0 Å². The maximum atomic E-state index is 5.96. The summed E-state index contributed by atoms with van der Waals surface area (Å²) in [6.07, 6.45) is 0. The van der Waals surface area contributed by atoms with Gasteiger partial charge in [0.05, 0.1) is 8.81 Å². The summed E-state index contributed by atoms with van der Waals surface area (Å²) in [4.78, 5) is 1.17. The SMILES string of the molecule is Clc1ccccc1OCc1ccc(Br)s1. The lowest BCUT2D eigenvalue weighted by atomic mass is 10.3. The van der Waals surface area contributed by atoms with Gasteiger partial charge >= 0.3 is 0 Å². The van der Waals surface area contributed by atoms with Gasteiger partial charge in [0, 0.05) is 4.88 Å². The van der Waals surface area contributed by atoms with Gasteiger partial charge in [0.15, 0.2) is 0 Å². The van der Waals surface area contributed by atoms with Gasteiger partial charge in [-0.05, 0) is 40.2 Å². The van der Waals surface area contributed by atoms with Crippen molar-refractivity contribution in [2.24, 2.45) is 0 Å². The molecule has 0 amide bonds. The number of benzene rings is 1. The molecule has 0 fully saturated rings. The number of thiophene rings is 1. The van der Waals surface area contributed by atoms with E-state index in [-0.39, 0.29) is 0 Å². The van der Waals surface area contributed by atoms with Crippen molar-refractivity contribution in [3.05, 3.63) is 50.1 Å². The largest absolute Gasteiger partial charge is 0.487 e. The maximum absolute atomic E-state index is 5.96. The number of rotatable bonds is 3. The van der Waals surface area contributed by atoms with E-state index >= 15 is 0 Å². The van der Waals surface area contributed by atoms with Crippen molar-refractivity contribution in [1.82, 2.24) is 0 Å². The molecular formula is C11H8BrClOS. The molecule has 0 aliphatic heterocycles. The third-order valence-corrected chi connectivity index (χ3v) is 3.74. The molecule has 78 valence electrons. The molecule has 0 atom stereocenters. The fourth-order valence-corrected chi connectivity index (χ4v) is 2.73. The highest BCUT2D eigenvalue weighted by Gasteiger charge is 2.02. The minimum Gasteiger partial charge on any atom is -0.487 e. The van der Waals surface area contributed by atoms with Crippen LogP contribution in [0.25, 0.3) is 0 Å². The van der Waals surface area contributed by atoms with Crippen LogP contribution in [0.4, 0.5) is 0 Å². The molecule has 2 rings (SSSR count). The normalized spacial score (nSPS) is 10.3. The molecule has 2 aromatic rings. The molecule has 0 N–H and O–H groups in total. The first-order chi connectivity index (χ1) is 7.25. The second-order valence-electron chi connectivity index (χ2n) is 2.92. The monoisotopic (exact) mass is 302 g/mol. The fourth-order valence-electron chi connectivity index (χ4n) is 1.14. The molecule has 0 aliphatic carbocycles. The van der Waals surface area contributed by atoms with Crippen molar-refractivity contribution in [2.75, 3.05) is 0 Å². The summed E-state index contributed by atoms with van der Waals surface area (Å²) < 4.78 is 6.71. The van der Waals surface area contributed by atoms with Crippen LogP contribution in [-0.4, -0.2) is 0 Å². The molecule has 0 radical (unpaired) electrons. The standard InChI is InChI=1S/C11H8BrClOS/c12-11-6-5-8(15-11)7-14-10-4-2-1-3-9(10)13/h1-6H,7H2. The van der Waals surface area contributed by atoms with Crippen molar-refractivity contribution in [3.8, 4) is 5.75 Å². The molecule has 0 aliphatic rings. The van der Waals surface area contributed by atoms with Gasteiger partial charge in [-0.3, -0.25) is 0 Å². The summed E-state index contributed by atoms with van der Waals surface area (Å²) in [5, 5.41) is 0.646. The van der Waals surface area contributed by atoms with Crippen molar-refractivity contribution >= 4 is 38.9 Å². The van der Waals surface area contributed by atoms with E-state index < -0.39 is 0 Å². The van der Waals surface area contributed by atoms with Crippen LogP contribution in [0.2, 0.25) is 5.02 Å². The number of ether oxygens (including phenoxy) is 1. The van der Waals surface area contributed by atoms with Crippen molar-refractivity contribution < 1.29 is 4.74 Å². The van der Waals surface area contributed by atoms with Gasteiger partial charge in [0.2, 0.25) is 0 Å². The Hall–Kier alpha value is -0.510. The summed E-state index contributed by atoms with van der Waals surface area (Å²) in [6.45, 7) is 0.556. The van der Waals surface area contributed by atoms with Crippen LogP contribution in [0, 0.1) is 0 Å². The van der Waals surface area contributed by atoms with E-state index in [4.69, 9.17) is 16.3 Å². The zero-order valence-electron chi connectivity index (χ0n) is 7.74. The van der Waals surface area contributed by atoms with Gasteiger partial charge in [0.1, 0.15) is 12.4 Å². The summed E-state index contributed by atoms with van der Waals surface area (Å²) in [6, 6.07) is 11.5. The molecule has 0 bridgehead atoms. The Morgan fingerprint density at radius 3 is 2.67 bits per heavy atom. The zero-order valence-corrected chi connectivity index (χ0v) is 10.9. The van der Waals surface area contributed by atoms with E-state index in [1.165, 1.54) is 4.88 Å². The van der Waals surface area contributed by atoms with Crippen LogP contribution in [0.1, 0.15) is 4.88 Å². The molecule has 1 aromatic carbocycles. The molecule has 1 nitrogen and oxygen atoms in total. The van der Waals surface area contributed by atoms with Gasteiger partial charge in [0.25, 0.3) is 0 Å². The van der Waals surface area contributed by atoms with Gasteiger partial charge in [-0.15, -0.1) is 11.3 Å². The molecular weight excluding hydrogens is 296 g/mol. The molecule has 1 aromatic heterocycles. The van der Waals surface area contributed by atoms with Crippen LogP contribution in [0.3, 0.4) is 0 Å². The highest BCUT2D eigenvalue weighted by atomic mass is 79.9. The summed E-state index contributed by atoms with van der Waals surface area (Å²) in [5.74, 6) is 0.726. The second kappa shape index (κ2) is 5.01. The van der Waals surface area contributed by atoms with Crippen LogP contribution >= 0.6 is 38.9 Å². The summed E-state index contributed by atoms with van der Waals surface area (Å²) in [7, 11) is 0. The number of hydrogen-bond acceptors (Lipinski definition) is 2. The lowest BCUT2D eigenvalue weighted by Crippen LogP contribution is -1.92. The first kappa shape index (κ1) is 11.0. The van der Waals surface area contributed by atoms with Crippen molar-refractivity contribution in [2.45, 2.75) is 6.61 Å². The van der Waals surface area contributed by atoms with Gasteiger partial charge in [-0.1, -0.05) is 23.7 Å². The molecule has 0 spiro atoms. The van der Waals surface area contributed by atoms with E-state index in [2.05, 4.69) is 15.9 Å². The molecule has 15 heavy (non-hydrogen) atoms. The van der Waals surface area contributed by atoms with E-state index in [0.717, 1.165) is 9.54 Å². The maximum Gasteiger partial charge on any atom is 0.138 e. The molecule has 0 saturated carbocycles. The first-order valence-electron chi connectivity index (χ1n) is 4.37. The molecule has 4 heteroatoms. The first-order valence-corrected chi connectivity index (χ1v) is 6.36. The smallest absolute Gasteiger partial charge is 0.138 e. The summed E-state index contributed by atoms with van der Waals surface area (Å²) >= 11 is 11.0. The van der Waals surface area contributed by atoms with E-state index in [1.807, 2.05) is 36.4 Å². The predicted molar refractivity (Wildman–Crippen MR) is 67.8 cm³/mol. The second-order valence-corrected chi connectivity index (χ2v) is 5.88. The van der Waals surface area contributed by atoms with Crippen LogP contribution in [-0.2, 0) is 6.61 Å². The topological polar surface area (TPSA) is 9.23 Å². The van der Waals surface area contributed by atoms with Crippen LogP contribution in [0.5, 0.6) is 5.75 Å². The number of hydrogen-bond donors (Lipinski definition) is 0. The summed E-state index contributed by atoms with van der Waals surface area (Å²) in [5.41, 5.74) is 0. The average Bonchev–Trinajstić information content (AvgIpc) is 2.63. The Morgan fingerprint density at radius 2 is 2.00 bits per heavy atom. The van der Waals surface area contributed by atoms with Crippen molar-refractivity contribution in [1.29, 1.82) is 0 Å². The Balaban J connectivity index is 2.02. The lowest BCUT2D eigenvalue weighted by Gasteiger charge is -2.05. The van der Waals surface area contributed by atoms with Crippen molar-refractivity contribution in [3.63, 3.8) is 0 Å². The Bertz CT molecular complexity index is 455. The average molecular weight is 304 g/mol. The third kappa shape index (κ3) is 2.97. The minimum absolute atomic E-state index is 0.556. The van der Waals surface area contributed by atoms with E-state index in [0.29, 0.717) is 11.6 Å². The quantitative estimate of drug-likeness (QED) is 0.795. The Kier molecular flexibility index (Phi) is 3.67. The van der Waals surface area contributed by atoms with Gasteiger partial charge < -0.3 is 4.74 Å². The molecule has 0 saturated heterocycles. The van der Waals surface area contributed by atoms with Crippen LogP contribution < -0.4 is 4.74 Å². The molecule has 0 unspecified atom stereocenters. The Labute approximate surface area is 106 Å². The third-order valence-electron chi connectivity index (χ3n) is 1.84. The van der Waals surface area contributed by atoms with E-state index in [9.17, 15) is 0 Å². The van der Waals surface area contributed by atoms with Gasteiger partial charge in [-0.2, -0.15) is 0 Å². The highest BCUT2D eigenvalue weighted by molar-refractivity contribution is 9.11. The fraction of sp³-hybridized carbons (Fsp3) is 0.0909.